The lowest BCUT2D eigenvalue weighted by Crippen LogP contribution is -2.48. The van der Waals surface area contributed by atoms with Crippen LogP contribution in [0.3, 0.4) is 0 Å². The van der Waals surface area contributed by atoms with E-state index in [1.54, 1.807) is 7.11 Å². The van der Waals surface area contributed by atoms with Crippen LogP contribution in [0.2, 0.25) is 0 Å². The van der Waals surface area contributed by atoms with Crippen molar-refractivity contribution in [3.8, 4) is 0 Å². The first kappa shape index (κ1) is 24.9. The molecule has 0 saturated heterocycles. The third-order valence-corrected chi connectivity index (χ3v) is 6.00. The Kier molecular flexibility index (Phi) is 9.24. The van der Waals surface area contributed by atoms with Crippen LogP contribution in [-0.2, 0) is 43.6 Å². The molecule has 1 aliphatic carbocycles. The summed E-state index contributed by atoms with van der Waals surface area (Å²) >= 11 is 0. The predicted molar refractivity (Wildman–Crippen MR) is 134 cm³/mol. The molecule has 0 amide bonds. The monoisotopic (exact) mass is 472 g/mol. The van der Waals surface area contributed by atoms with Crippen LogP contribution in [0.1, 0.15) is 29.5 Å². The fourth-order valence-electron chi connectivity index (χ4n) is 4.15. The van der Waals surface area contributed by atoms with Crippen molar-refractivity contribution in [2.24, 2.45) is 0 Å². The smallest absolute Gasteiger partial charge is 0.164 e. The Labute approximate surface area is 207 Å². The highest BCUT2D eigenvalue weighted by Gasteiger charge is 2.40. The predicted octanol–water partition coefficient (Wildman–Crippen LogP) is 5.64. The molecule has 3 atom stereocenters. The molecule has 0 fully saturated rings. The van der Waals surface area contributed by atoms with Crippen molar-refractivity contribution in [3.63, 3.8) is 0 Å². The summed E-state index contributed by atoms with van der Waals surface area (Å²) in [4.78, 5) is 13.3. The molecule has 0 bridgehead atoms. The van der Waals surface area contributed by atoms with Crippen LogP contribution in [0.25, 0.3) is 0 Å². The van der Waals surface area contributed by atoms with E-state index in [-0.39, 0.29) is 5.78 Å². The van der Waals surface area contributed by atoms with E-state index in [0.29, 0.717) is 38.4 Å². The number of allylic oxidation sites excluding steroid dienone is 1. The Morgan fingerprint density at radius 1 is 0.657 bits per heavy atom. The second-order valence-electron chi connectivity index (χ2n) is 8.51. The van der Waals surface area contributed by atoms with Crippen molar-refractivity contribution >= 4 is 5.78 Å². The van der Waals surface area contributed by atoms with Gasteiger partial charge in [-0.05, 0) is 29.2 Å². The summed E-state index contributed by atoms with van der Waals surface area (Å²) in [6.45, 7) is 0.989. The van der Waals surface area contributed by atoms with E-state index in [1.165, 1.54) is 0 Å². The molecule has 4 rings (SSSR count). The molecule has 0 unspecified atom stereocenters. The van der Waals surface area contributed by atoms with Gasteiger partial charge in [-0.2, -0.15) is 0 Å². The molecule has 0 heterocycles. The summed E-state index contributed by atoms with van der Waals surface area (Å²) in [5.74, 6) is 0.651. The Morgan fingerprint density at radius 3 is 1.60 bits per heavy atom. The van der Waals surface area contributed by atoms with E-state index in [2.05, 4.69) is 0 Å². The van der Waals surface area contributed by atoms with E-state index in [4.69, 9.17) is 18.9 Å². The van der Waals surface area contributed by atoms with Crippen LogP contribution < -0.4 is 0 Å². The Hall–Kier alpha value is -3.25. The number of ether oxygens (including phenoxy) is 4. The highest BCUT2D eigenvalue weighted by atomic mass is 16.6. The van der Waals surface area contributed by atoms with Crippen LogP contribution in [0.4, 0.5) is 0 Å². The zero-order valence-corrected chi connectivity index (χ0v) is 20.0. The minimum atomic E-state index is -0.793. The molecule has 0 saturated carbocycles. The molecule has 35 heavy (non-hydrogen) atoms. The number of benzene rings is 3. The van der Waals surface area contributed by atoms with Gasteiger partial charge in [-0.25, -0.2) is 0 Å². The number of Topliss-reactive ketones (excluding diaryl/α,β-unsaturated/α-hetero) is 1. The standard InChI is InChI=1S/C30H32O5/c1-32-27-19-11-18-26(31)28(33-20-23-12-5-2-6-13-23)30(35-22-25-16-9-4-10-17-25)29(27)34-21-24-14-7-3-8-15-24/h2-10,12-17,19,28-30H,11,18,20-22H2,1H3/b27-19+/t28-,29+,30+/m1/s1. The van der Waals surface area contributed by atoms with Gasteiger partial charge in [0, 0.05) is 6.42 Å². The van der Waals surface area contributed by atoms with Crippen LogP contribution in [0.15, 0.2) is 103 Å². The third-order valence-electron chi connectivity index (χ3n) is 6.00. The van der Waals surface area contributed by atoms with Crippen LogP contribution >= 0.6 is 0 Å². The summed E-state index contributed by atoms with van der Waals surface area (Å²) in [5, 5.41) is 0. The molecule has 3 aromatic carbocycles. The van der Waals surface area contributed by atoms with Gasteiger partial charge in [-0.15, -0.1) is 0 Å². The average Bonchev–Trinajstić information content (AvgIpc) is 2.91. The van der Waals surface area contributed by atoms with Gasteiger partial charge in [0.1, 0.15) is 24.1 Å². The van der Waals surface area contributed by atoms with Gasteiger partial charge in [-0.1, -0.05) is 91.0 Å². The van der Waals surface area contributed by atoms with E-state index >= 15 is 0 Å². The first-order chi connectivity index (χ1) is 17.2. The van der Waals surface area contributed by atoms with Crippen molar-refractivity contribution < 1.29 is 23.7 Å². The van der Waals surface area contributed by atoms with Crippen molar-refractivity contribution in [2.45, 2.75) is 51.0 Å². The lowest BCUT2D eigenvalue weighted by molar-refractivity contribution is -0.167. The minimum Gasteiger partial charge on any atom is -0.499 e. The number of ketones is 1. The molecule has 0 aliphatic heterocycles. The lowest BCUT2D eigenvalue weighted by atomic mass is 9.95. The van der Waals surface area contributed by atoms with E-state index in [0.717, 1.165) is 16.7 Å². The SMILES string of the molecule is CO/C1=C/CCC(=O)[C@@H](OCc2ccccc2)[C@H](OCc2ccccc2)[C@H]1OCc1ccccc1. The molecular weight excluding hydrogens is 440 g/mol. The van der Waals surface area contributed by atoms with Crippen molar-refractivity contribution in [2.75, 3.05) is 7.11 Å². The van der Waals surface area contributed by atoms with Gasteiger partial charge in [0.05, 0.1) is 26.9 Å². The largest absolute Gasteiger partial charge is 0.499 e. The summed E-state index contributed by atoms with van der Waals surface area (Å²) in [5.41, 5.74) is 3.03. The Bertz CT molecular complexity index is 1070. The summed E-state index contributed by atoms with van der Waals surface area (Å²) in [7, 11) is 1.63. The van der Waals surface area contributed by atoms with Crippen molar-refractivity contribution in [1.29, 1.82) is 0 Å². The van der Waals surface area contributed by atoms with Gasteiger partial charge in [0.15, 0.2) is 5.78 Å². The number of hydrogen-bond acceptors (Lipinski definition) is 5. The van der Waals surface area contributed by atoms with E-state index in [1.807, 2.05) is 97.1 Å². The summed E-state index contributed by atoms with van der Waals surface area (Å²) in [6.07, 6.45) is 0.765. The fraction of sp³-hybridized carbons (Fsp3) is 0.300. The number of rotatable bonds is 10. The second kappa shape index (κ2) is 13.0. The van der Waals surface area contributed by atoms with E-state index in [9.17, 15) is 4.79 Å². The molecule has 5 nitrogen and oxygen atoms in total. The topological polar surface area (TPSA) is 54.0 Å². The van der Waals surface area contributed by atoms with Crippen LogP contribution in [0.5, 0.6) is 0 Å². The Morgan fingerprint density at radius 2 is 1.11 bits per heavy atom. The van der Waals surface area contributed by atoms with Gasteiger partial charge < -0.3 is 18.9 Å². The highest BCUT2D eigenvalue weighted by Crippen LogP contribution is 2.27. The quantitative estimate of drug-likeness (QED) is 0.382. The number of carbonyl (C=O) groups excluding carboxylic acids is 1. The first-order valence-electron chi connectivity index (χ1n) is 12.0. The number of methoxy groups -OCH3 is 1. The minimum absolute atomic E-state index is 0.00120. The third kappa shape index (κ3) is 7.12. The van der Waals surface area contributed by atoms with Crippen molar-refractivity contribution in [1.82, 2.24) is 0 Å². The molecule has 5 heteroatoms. The van der Waals surface area contributed by atoms with Gasteiger partial charge >= 0.3 is 0 Å². The van der Waals surface area contributed by atoms with Crippen LogP contribution in [-0.4, -0.2) is 31.2 Å². The maximum Gasteiger partial charge on any atom is 0.164 e. The normalized spacial score (nSPS) is 22.0. The first-order valence-corrected chi connectivity index (χ1v) is 12.0. The van der Waals surface area contributed by atoms with Crippen molar-refractivity contribution in [3.05, 3.63) is 120 Å². The average molecular weight is 473 g/mol. The molecule has 1 aliphatic rings. The van der Waals surface area contributed by atoms with E-state index < -0.39 is 18.3 Å². The lowest BCUT2D eigenvalue weighted by Gasteiger charge is -2.35. The number of carbonyl (C=O) groups is 1. The molecular formula is C30H32O5. The molecule has 0 N–H and O–H groups in total. The molecule has 3 aromatic rings. The molecule has 0 radical (unpaired) electrons. The highest BCUT2D eigenvalue weighted by molar-refractivity contribution is 5.84. The molecule has 0 spiro atoms. The fourth-order valence-corrected chi connectivity index (χ4v) is 4.15. The maximum absolute atomic E-state index is 13.3. The second-order valence-corrected chi connectivity index (χ2v) is 8.51. The van der Waals surface area contributed by atoms with Gasteiger partial charge in [-0.3, -0.25) is 4.79 Å². The zero-order valence-electron chi connectivity index (χ0n) is 20.0. The Balaban J connectivity index is 1.62. The van der Waals surface area contributed by atoms with Crippen LogP contribution in [0, 0.1) is 0 Å². The van der Waals surface area contributed by atoms with Gasteiger partial charge in [0.25, 0.3) is 0 Å². The molecule has 0 aromatic heterocycles. The molecule has 182 valence electrons. The van der Waals surface area contributed by atoms with Gasteiger partial charge in [0.2, 0.25) is 0 Å². The summed E-state index contributed by atoms with van der Waals surface area (Å²) in [6, 6.07) is 29.7. The number of hydrogen-bond donors (Lipinski definition) is 0. The maximum atomic E-state index is 13.3. The zero-order chi connectivity index (χ0) is 24.3. The summed E-state index contributed by atoms with van der Waals surface area (Å²) < 4.78 is 24.8.